The largest absolute Gasteiger partial charge is 0.416 e. The average molecular weight is 632 g/mol. The van der Waals surface area contributed by atoms with Crippen LogP contribution in [0.3, 0.4) is 0 Å². The Balaban J connectivity index is 1.18. The summed E-state index contributed by atoms with van der Waals surface area (Å²) in [6, 6.07) is 16.9. The van der Waals surface area contributed by atoms with Gasteiger partial charge in [-0.05, 0) is 60.5 Å². The number of hydrogen-bond donors (Lipinski definition) is 2. The summed E-state index contributed by atoms with van der Waals surface area (Å²) >= 11 is 0. The number of benzene rings is 3. The normalized spacial score (nSPS) is 15.5. The Morgan fingerprint density at radius 3 is 2.57 bits per heavy atom. The molecule has 0 unspecified atom stereocenters. The lowest BCUT2D eigenvalue weighted by atomic mass is 10.1. The summed E-state index contributed by atoms with van der Waals surface area (Å²) in [4.78, 5) is 40.9. The molecule has 46 heavy (non-hydrogen) atoms. The number of nitrogens with one attached hydrogen (secondary N) is 2. The van der Waals surface area contributed by atoms with Gasteiger partial charge in [-0.15, -0.1) is 0 Å². The van der Waals surface area contributed by atoms with Crippen LogP contribution < -0.4 is 20.4 Å². The summed E-state index contributed by atoms with van der Waals surface area (Å²) in [7, 11) is 1.63. The molecule has 10 nitrogen and oxygen atoms in total. The van der Waals surface area contributed by atoms with Gasteiger partial charge in [-0.3, -0.25) is 19.5 Å². The van der Waals surface area contributed by atoms with E-state index in [0.717, 1.165) is 61.8 Å². The molecule has 1 aromatic heterocycles. The number of hydrogen-bond acceptors (Lipinski definition) is 7. The van der Waals surface area contributed by atoms with Gasteiger partial charge in [0.2, 0.25) is 5.95 Å². The van der Waals surface area contributed by atoms with E-state index in [9.17, 15) is 22.8 Å². The zero-order valence-corrected chi connectivity index (χ0v) is 25.3. The predicted octanol–water partition coefficient (Wildman–Crippen LogP) is 6.21. The van der Waals surface area contributed by atoms with E-state index in [-0.39, 0.29) is 18.1 Å². The van der Waals surface area contributed by atoms with Crippen LogP contribution in [0.25, 0.3) is 0 Å². The molecule has 0 spiro atoms. The first-order chi connectivity index (χ1) is 22.0. The summed E-state index contributed by atoms with van der Waals surface area (Å²) < 4.78 is 44.9. The first kappa shape index (κ1) is 31.0. The fourth-order valence-electron chi connectivity index (χ4n) is 5.47. The van der Waals surface area contributed by atoms with Gasteiger partial charge >= 0.3 is 12.2 Å². The van der Waals surface area contributed by atoms with Gasteiger partial charge in [-0.2, -0.15) is 18.2 Å². The standard InChI is InChI=1S/C33H32F3N7O3/c1-21-9-10-27(38-30(44)23-6-4-7-25(16-23)33(34,35)36)17-28(21)43-20-24-18-37-31(40-29(24)41(2)32(43)45)39-26-8-3-5-22(15-26)19-42-11-13-46-14-12-42/h3-10,15-18H,11-14,19-20H2,1-2H3,(H,38,44)(H,37,39,40). The molecule has 1 fully saturated rings. The first-order valence-electron chi connectivity index (χ1n) is 14.7. The highest BCUT2D eigenvalue weighted by Crippen LogP contribution is 2.34. The van der Waals surface area contributed by atoms with Crippen molar-refractivity contribution in [2.75, 3.05) is 53.8 Å². The predicted molar refractivity (Wildman–Crippen MR) is 168 cm³/mol. The van der Waals surface area contributed by atoms with Crippen molar-refractivity contribution >= 4 is 40.8 Å². The van der Waals surface area contributed by atoms with Crippen LogP contribution in [0.5, 0.6) is 0 Å². The highest BCUT2D eigenvalue weighted by atomic mass is 19.4. The van der Waals surface area contributed by atoms with Crippen molar-refractivity contribution in [3.05, 3.63) is 101 Å². The number of ether oxygens (including phenoxy) is 1. The van der Waals surface area contributed by atoms with Crippen LogP contribution in [-0.4, -0.2) is 60.2 Å². The SMILES string of the molecule is Cc1ccc(NC(=O)c2cccc(C(F)(F)F)c2)cc1N1Cc2cnc(Nc3cccc(CN4CCOCC4)c3)nc2N(C)C1=O. The quantitative estimate of drug-likeness (QED) is 0.250. The van der Waals surface area contributed by atoms with Gasteiger partial charge in [0, 0.05) is 55.4 Å². The third-order valence-corrected chi connectivity index (χ3v) is 7.91. The molecular weight excluding hydrogens is 599 g/mol. The third-order valence-electron chi connectivity index (χ3n) is 7.91. The highest BCUT2D eigenvalue weighted by molar-refractivity contribution is 6.07. The van der Waals surface area contributed by atoms with Crippen molar-refractivity contribution in [3.8, 4) is 0 Å². The zero-order chi connectivity index (χ0) is 32.4. The topological polar surface area (TPSA) is 103 Å². The summed E-state index contributed by atoms with van der Waals surface area (Å²) in [5.41, 5.74) is 3.27. The molecule has 2 N–H and O–H groups in total. The number of aryl methyl sites for hydroxylation is 1. The number of carbonyl (C=O) groups excluding carboxylic acids is 2. The van der Waals surface area contributed by atoms with Gasteiger partial charge in [0.25, 0.3) is 5.91 Å². The van der Waals surface area contributed by atoms with E-state index < -0.39 is 17.6 Å². The lowest BCUT2D eigenvalue weighted by molar-refractivity contribution is -0.137. The van der Waals surface area contributed by atoms with Crippen molar-refractivity contribution in [3.63, 3.8) is 0 Å². The molecule has 3 heterocycles. The minimum absolute atomic E-state index is 0.134. The van der Waals surface area contributed by atoms with Gasteiger partial charge in [0.1, 0.15) is 5.82 Å². The van der Waals surface area contributed by atoms with Crippen LogP contribution in [0.15, 0.2) is 72.9 Å². The fraction of sp³-hybridized carbons (Fsp3) is 0.273. The van der Waals surface area contributed by atoms with E-state index in [1.807, 2.05) is 19.1 Å². The molecule has 0 saturated carbocycles. The summed E-state index contributed by atoms with van der Waals surface area (Å²) in [5.74, 6) is 0.120. The Hall–Kier alpha value is -5.01. The Morgan fingerprint density at radius 1 is 1.00 bits per heavy atom. The summed E-state index contributed by atoms with van der Waals surface area (Å²) in [6.45, 7) is 6.06. The molecule has 2 aliphatic heterocycles. The Kier molecular flexibility index (Phi) is 8.61. The number of aromatic nitrogens is 2. The Bertz CT molecular complexity index is 1780. The minimum atomic E-state index is -4.57. The van der Waals surface area contributed by atoms with Crippen LogP contribution in [0, 0.1) is 6.92 Å². The summed E-state index contributed by atoms with van der Waals surface area (Å²) in [6.07, 6.45) is -2.90. The third kappa shape index (κ3) is 6.80. The van der Waals surface area contributed by atoms with Gasteiger partial charge in [0.05, 0.1) is 31.0 Å². The van der Waals surface area contributed by atoms with Crippen molar-refractivity contribution in [1.82, 2.24) is 14.9 Å². The molecule has 2 aliphatic rings. The van der Waals surface area contributed by atoms with Gasteiger partial charge in [0.15, 0.2) is 0 Å². The highest BCUT2D eigenvalue weighted by Gasteiger charge is 2.32. The number of carbonyl (C=O) groups is 2. The molecule has 238 valence electrons. The molecule has 0 aliphatic carbocycles. The number of rotatable bonds is 7. The molecule has 1 saturated heterocycles. The van der Waals surface area contributed by atoms with Gasteiger partial charge in [-0.1, -0.05) is 24.3 Å². The number of halogens is 3. The number of nitrogens with zero attached hydrogens (tertiary/aromatic N) is 5. The maximum absolute atomic E-state index is 13.6. The lowest BCUT2D eigenvalue weighted by Gasteiger charge is -2.35. The van der Waals surface area contributed by atoms with E-state index in [0.29, 0.717) is 28.7 Å². The minimum Gasteiger partial charge on any atom is -0.379 e. The van der Waals surface area contributed by atoms with E-state index in [1.165, 1.54) is 17.0 Å². The molecular formula is C33H32F3N7O3. The number of morpholine rings is 1. The molecule has 13 heteroatoms. The molecule has 6 rings (SSSR count). The molecule has 0 bridgehead atoms. The number of amides is 3. The number of alkyl halides is 3. The van der Waals surface area contributed by atoms with Crippen LogP contribution in [0.2, 0.25) is 0 Å². The number of urea groups is 1. The molecule has 0 radical (unpaired) electrons. The maximum Gasteiger partial charge on any atom is 0.416 e. The second-order valence-electron chi connectivity index (χ2n) is 11.2. The monoisotopic (exact) mass is 631 g/mol. The van der Waals surface area contributed by atoms with E-state index in [2.05, 4.69) is 37.6 Å². The molecule has 3 aromatic carbocycles. The Labute approximate surface area is 263 Å². The van der Waals surface area contributed by atoms with Crippen molar-refractivity contribution < 1.29 is 27.5 Å². The second kappa shape index (κ2) is 12.8. The molecule has 4 aromatic rings. The smallest absolute Gasteiger partial charge is 0.379 e. The molecule has 0 atom stereocenters. The lowest BCUT2D eigenvalue weighted by Crippen LogP contribution is -2.46. The van der Waals surface area contributed by atoms with Crippen LogP contribution in [0.4, 0.5) is 46.8 Å². The fourth-order valence-corrected chi connectivity index (χ4v) is 5.47. The van der Waals surface area contributed by atoms with E-state index >= 15 is 0 Å². The summed E-state index contributed by atoms with van der Waals surface area (Å²) in [5, 5.41) is 5.90. The van der Waals surface area contributed by atoms with Crippen LogP contribution in [-0.2, 0) is 24.0 Å². The number of fused-ring (bicyclic) bond motifs is 1. The van der Waals surface area contributed by atoms with Gasteiger partial charge in [-0.25, -0.2) is 9.78 Å². The van der Waals surface area contributed by atoms with E-state index in [1.54, 1.807) is 36.3 Å². The zero-order valence-electron chi connectivity index (χ0n) is 25.3. The Morgan fingerprint density at radius 2 is 1.78 bits per heavy atom. The number of anilines is 5. The maximum atomic E-state index is 13.6. The van der Waals surface area contributed by atoms with Crippen LogP contribution in [0.1, 0.15) is 32.6 Å². The van der Waals surface area contributed by atoms with Gasteiger partial charge < -0.3 is 15.4 Å². The van der Waals surface area contributed by atoms with E-state index in [4.69, 9.17) is 4.74 Å². The average Bonchev–Trinajstić information content (AvgIpc) is 3.04. The van der Waals surface area contributed by atoms with Crippen LogP contribution >= 0.6 is 0 Å². The van der Waals surface area contributed by atoms with Crippen molar-refractivity contribution in [2.45, 2.75) is 26.2 Å². The van der Waals surface area contributed by atoms with Crippen molar-refractivity contribution in [2.24, 2.45) is 0 Å². The second-order valence-corrected chi connectivity index (χ2v) is 11.2. The van der Waals surface area contributed by atoms with Crippen molar-refractivity contribution in [1.29, 1.82) is 0 Å². The molecule has 3 amide bonds. The first-order valence-corrected chi connectivity index (χ1v) is 14.7.